The Kier molecular flexibility index (Phi) is 12.0. The Morgan fingerprint density at radius 3 is 2.57 bits per heavy atom. The van der Waals surface area contributed by atoms with E-state index < -0.39 is 62.3 Å². The van der Waals surface area contributed by atoms with Crippen LogP contribution in [0.2, 0.25) is 5.02 Å². The van der Waals surface area contributed by atoms with Gasteiger partial charge >= 0.3 is 0 Å². The van der Waals surface area contributed by atoms with Crippen molar-refractivity contribution in [1.29, 1.82) is 0 Å². The molecule has 1 aromatic heterocycles. The van der Waals surface area contributed by atoms with E-state index >= 15 is 0 Å². The van der Waals surface area contributed by atoms with Crippen molar-refractivity contribution in [3.8, 4) is 11.5 Å². The number of halogens is 1. The summed E-state index contributed by atoms with van der Waals surface area (Å²) < 4.78 is 46.1. The fourth-order valence-corrected chi connectivity index (χ4v) is 11.4. The van der Waals surface area contributed by atoms with E-state index in [1.165, 1.54) is 0 Å². The highest BCUT2D eigenvalue weighted by Crippen LogP contribution is 2.48. The zero-order valence-electron chi connectivity index (χ0n) is 34.9. The maximum atomic E-state index is 14.5. The number of benzene rings is 1. The van der Waals surface area contributed by atoms with Crippen molar-refractivity contribution < 1.29 is 37.0 Å². The topological polar surface area (TPSA) is 181 Å². The third kappa shape index (κ3) is 8.14. The molecule has 2 aromatic rings. The van der Waals surface area contributed by atoms with Gasteiger partial charge in [-0.2, -0.15) is 0 Å². The molecule has 1 aromatic carbocycles. The van der Waals surface area contributed by atoms with Gasteiger partial charge < -0.3 is 29.7 Å². The summed E-state index contributed by atoms with van der Waals surface area (Å²) in [4.78, 5) is 56.4. The number of thioether (sulfide) groups is 1. The molecule has 8 rings (SSSR count). The van der Waals surface area contributed by atoms with Crippen LogP contribution in [0.4, 0.5) is 0 Å². The number of nitrogens with zero attached hydrogens (tertiary/aromatic N) is 4. The average molecular weight is 887 g/mol. The number of hydrogen-bond acceptors (Lipinski definition) is 13. The van der Waals surface area contributed by atoms with Crippen LogP contribution in [0, 0.1) is 17.8 Å². The molecule has 60 heavy (non-hydrogen) atoms. The second-order valence-corrected chi connectivity index (χ2v) is 21.5. The Morgan fingerprint density at radius 2 is 1.92 bits per heavy atom. The number of carbonyl (C=O) groups is 3. The monoisotopic (exact) mass is 885 g/mol. The van der Waals surface area contributed by atoms with Crippen LogP contribution in [-0.2, 0) is 29.1 Å². The number of sulfonamides is 1. The van der Waals surface area contributed by atoms with Gasteiger partial charge in [-0.25, -0.2) is 13.4 Å². The van der Waals surface area contributed by atoms with E-state index in [0.29, 0.717) is 78.2 Å². The van der Waals surface area contributed by atoms with Crippen LogP contribution in [0.15, 0.2) is 35.8 Å². The van der Waals surface area contributed by atoms with Gasteiger partial charge in [-0.05, 0) is 50.2 Å². The van der Waals surface area contributed by atoms with Crippen molar-refractivity contribution in [2.24, 2.45) is 22.7 Å². The van der Waals surface area contributed by atoms with Crippen LogP contribution >= 0.6 is 23.4 Å². The molecule has 1 unspecified atom stereocenters. The summed E-state index contributed by atoms with van der Waals surface area (Å²) in [7, 11) is -3.97. The molecule has 3 amide bonds. The van der Waals surface area contributed by atoms with Gasteiger partial charge in [-0.15, -0.1) is 18.3 Å². The summed E-state index contributed by atoms with van der Waals surface area (Å²) in [5.41, 5.74) is -0.423. The predicted octanol–water partition coefficient (Wildman–Crippen LogP) is 3.52. The van der Waals surface area contributed by atoms with E-state index in [0.717, 1.165) is 30.4 Å². The number of aliphatic imine (C=N–C) groups is 1. The van der Waals surface area contributed by atoms with Crippen LogP contribution in [0.5, 0.6) is 11.5 Å². The van der Waals surface area contributed by atoms with Crippen molar-refractivity contribution in [3.63, 3.8) is 0 Å². The number of rotatable bonds is 15. The molecule has 7 atom stereocenters. The summed E-state index contributed by atoms with van der Waals surface area (Å²) in [6, 6.07) is 3.57. The highest BCUT2D eigenvalue weighted by Gasteiger charge is 2.63. The average Bonchev–Trinajstić information content (AvgIpc) is 4.02. The van der Waals surface area contributed by atoms with Crippen molar-refractivity contribution in [2.75, 3.05) is 51.8 Å². The molecule has 2 saturated carbocycles. The second-order valence-electron chi connectivity index (χ2n) is 17.9. The van der Waals surface area contributed by atoms with Gasteiger partial charge in [0.1, 0.15) is 45.9 Å². The maximum Gasteiger partial charge on any atom is 0.259 e. The zero-order valence-corrected chi connectivity index (χ0v) is 37.3. The molecular weight excluding hydrogens is 830 g/mol. The van der Waals surface area contributed by atoms with Crippen molar-refractivity contribution in [1.82, 2.24) is 30.1 Å². The van der Waals surface area contributed by atoms with Gasteiger partial charge in [0.25, 0.3) is 5.91 Å². The van der Waals surface area contributed by atoms with E-state index in [1.54, 1.807) is 29.7 Å². The molecule has 2 aliphatic carbocycles. The quantitative estimate of drug-likeness (QED) is 0.222. The Hall–Kier alpha value is -3.48. The Bertz CT molecular complexity index is 2200. The van der Waals surface area contributed by atoms with Crippen LogP contribution in [0.1, 0.15) is 66.0 Å². The van der Waals surface area contributed by atoms with Crippen LogP contribution in [0.3, 0.4) is 0 Å². The zero-order chi connectivity index (χ0) is 42.7. The van der Waals surface area contributed by atoms with Gasteiger partial charge in [0.2, 0.25) is 21.8 Å². The molecule has 6 aliphatic rings. The minimum absolute atomic E-state index is 0.0692. The summed E-state index contributed by atoms with van der Waals surface area (Å²) in [5, 5.41) is 8.05. The van der Waals surface area contributed by atoms with Crippen LogP contribution in [-0.4, -0.2) is 138 Å². The third-order valence-corrected chi connectivity index (χ3v) is 16.7. The number of carbonyl (C=O) groups excluding carboxylic acids is 3. The number of aromatic nitrogens is 1. The van der Waals surface area contributed by atoms with E-state index in [-0.39, 0.29) is 30.7 Å². The number of nitrogens with one attached hydrogen (secondary N) is 3. The smallest absolute Gasteiger partial charge is 0.259 e. The van der Waals surface area contributed by atoms with E-state index in [2.05, 4.69) is 40.7 Å². The van der Waals surface area contributed by atoms with Crippen molar-refractivity contribution in [3.05, 3.63) is 41.6 Å². The molecule has 326 valence electrons. The predicted molar refractivity (Wildman–Crippen MR) is 231 cm³/mol. The fraction of sp³-hybridized carbons (Fsp3) is 0.643. The molecular formula is C42H56ClN7O8S2. The lowest BCUT2D eigenvalue weighted by Crippen LogP contribution is -2.65. The maximum absolute atomic E-state index is 14.5. The van der Waals surface area contributed by atoms with Gasteiger partial charge in [0, 0.05) is 55.7 Å². The summed E-state index contributed by atoms with van der Waals surface area (Å²) in [5.74, 6) is -0.0278. The number of ether oxygens (including phenoxy) is 3. The number of morpholine rings is 1. The minimum Gasteiger partial charge on any atom is -0.491 e. The number of amides is 3. The molecule has 18 heteroatoms. The van der Waals surface area contributed by atoms with Gasteiger partial charge in [-0.1, -0.05) is 45.4 Å². The summed E-state index contributed by atoms with van der Waals surface area (Å²) in [6.07, 6.45) is 2.08. The lowest BCUT2D eigenvalue weighted by molar-refractivity contribution is -0.146. The van der Waals surface area contributed by atoms with Crippen molar-refractivity contribution in [2.45, 2.75) is 101 Å². The molecule has 0 radical (unpaired) electrons. The number of hydrogen-bond donors (Lipinski definition) is 3. The fourth-order valence-electron chi connectivity index (χ4n) is 8.61. The summed E-state index contributed by atoms with van der Waals surface area (Å²) in [6.45, 7) is 18.2. The highest BCUT2D eigenvalue weighted by atomic mass is 35.5. The molecule has 0 spiro atoms. The van der Waals surface area contributed by atoms with Crippen LogP contribution in [0.25, 0.3) is 10.9 Å². The molecule has 4 aliphatic heterocycles. The first-order valence-corrected chi connectivity index (χ1v) is 23.9. The standard InChI is InChI=1S/C42H56ClN7O8S2/c1-7-25-20-42(25,40(53)48-60(54,55)41(6)10-11-41)47-37(51)29-19-33(30-21-44-35(24(4)5)39(52)50(29)30)58-32-18-27(38-46-28(22-59-38)23(2)3)45-36-26(32)8-9-31(34(36)43)57-17-14-49-12-15-56-16-13-49/h7-9,18,23-25,28-30,33,35,44H,1,10-17,19-22H2,2-6H3,(H,47,51)(H,48,53)/t25-,28?,29+,30-,33-,35-,42-/m1/s1. The normalized spacial score (nSPS) is 30.0. The number of piperazine rings is 1. The van der Waals surface area contributed by atoms with Gasteiger partial charge in [-0.3, -0.25) is 29.0 Å². The van der Waals surface area contributed by atoms with E-state index in [9.17, 15) is 22.8 Å². The second kappa shape index (κ2) is 16.7. The number of pyridine rings is 1. The SMILES string of the molecule is C=C[C@@H]1C[C@]1(NC(=O)[C@@H]1C[C@@H](Oc2cc(C3=NC(C(C)C)CS3)nc3c(Cl)c(OCCN4CCOCC4)ccc23)[C@H]2CN[C@H](C(C)C)C(=O)N21)C(=O)NS(=O)(=O)C1(C)CC1. The first-order valence-electron chi connectivity index (χ1n) is 21.1. The lowest BCUT2D eigenvalue weighted by atomic mass is 9.98. The Labute approximate surface area is 361 Å². The Balaban J connectivity index is 1.10. The first-order chi connectivity index (χ1) is 28.6. The third-order valence-electron chi connectivity index (χ3n) is 13.1. The van der Waals surface area contributed by atoms with Gasteiger partial charge in [0.15, 0.2) is 0 Å². The largest absolute Gasteiger partial charge is 0.491 e. The summed E-state index contributed by atoms with van der Waals surface area (Å²) >= 11 is 8.75. The minimum atomic E-state index is -3.97. The van der Waals surface area contributed by atoms with E-state index in [4.69, 9.17) is 35.8 Å². The molecule has 3 N–H and O–H groups in total. The molecule has 5 fully saturated rings. The Morgan fingerprint density at radius 1 is 1.17 bits per heavy atom. The van der Waals surface area contributed by atoms with Crippen LogP contribution < -0.4 is 24.8 Å². The molecule has 5 heterocycles. The van der Waals surface area contributed by atoms with E-state index in [1.807, 2.05) is 32.0 Å². The van der Waals surface area contributed by atoms with Gasteiger partial charge in [0.05, 0.1) is 47.3 Å². The number of fused-ring (bicyclic) bond motifs is 2. The lowest BCUT2D eigenvalue weighted by Gasteiger charge is -2.40. The highest BCUT2D eigenvalue weighted by molar-refractivity contribution is 8.14. The molecule has 3 saturated heterocycles. The molecule has 0 bridgehead atoms. The van der Waals surface area contributed by atoms with Crippen molar-refractivity contribution >= 4 is 67.1 Å². The molecule has 15 nitrogen and oxygen atoms in total. The first kappa shape index (κ1) is 43.2.